The highest BCUT2D eigenvalue weighted by atomic mass is 35.5. The maximum Gasteiger partial charge on any atom is 0.265 e. The summed E-state index contributed by atoms with van der Waals surface area (Å²) < 4.78 is 5.80. The average Bonchev–Trinajstić information content (AvgIpc) is 2.79. The van der Waals surface area contributed by atoms with Crippen molar-refractivity contribution in [3.05, 3.63) is 95.0 Å². The van der Waals surface area contributed by atoms with Gasteiger partial charge in [-0.15, -0.1) is 0 Å². The summed E-state index contributed by atoms with van der Waals surface area (Å²) in [6.07, 6.45) is -0.242. The Morgan fingerprint density at radius 3 is 2.26 bits per heavy atom. The Morgan fingerprint density at radius 2 is 1.58 bits per heavy atom. The Balaban J connectivity index is 1.70. The molecule has 3 rings (SSSR count). The Morgan fingerprint density at radius 1 is 0.935 bits per heavy atom. The first kappa shape index (κ1) is 22.4. The number of rotatable bonds is 8. The van der Waals surface area contributed by atoms with Crippen LogP contribution in [0.25, 0.3) is 0 Å². The average molecular weight is 437 g/mol. The summed E-state index contributed by atoms with van der Waals surface area (Å²) in [4.78, 5) is 25.7. The SMILES string of the molecule is CC[C@H](Oc1ccc(Cl)cc1)C(=O)Nc1ccccc1C(=O)N[C@H](C)c1ccccc1. The first-order valence-corrected chi connectivity index (χ1v) is 10.5. The molecule has 6 heteroatoms. The van der Waals surface area contributed by atoms with Crippen LogP contribution < -0.4 is 15.4 Å². The van der Waals surface area contributed by atoms with Gasteiger partial charge in [-0.1, -0.05) is 61.0 Å². The van der Waals surface area contributed by atoms with E-state index < -0.39 is 6.10 Å². The number of carbonyl (C=O) groups excluding carboxylic acids is 2. The third kappa shape index (κ3) is 6.09. The molecule has 0 bridgehead atoms. The van der Waals surface area contributed by atoms with Crippen molar-refractivity contribution >= 4 is 29.1 Å². The number of ether oxygens (including phenoxy) is 1. The van der Waals surface area contributed by atoms with Gasteiger partial charge in [0.05, 0.1) is 17.3 Å². The van der Waals surface area contributed by atoms with Gasteiger partial charge < -0.3 is 15.4 Å². The highest BCUT2D eigenvalue weighted by molar-refractivity contribution is 6.30. The van der Waals surface area contributed by atoms with Crippen molar-refractivity contribution < 1.29 is 14.3 Å². The van der Waals surface area contributed by atoms with E-state index in [0.29, 0.717) is 28.4 Å². The zero-order valence-electron chi connectivity index (χ0n) is 17.5. The lowest BCUT2D eigenvalue weighted by Crippen LogP contribution is -2.34. The molecule has 0 aliphatic heterocycles. The van der Waals surface area contributed by atoms with Crippen LogP contribution in [-0.4, -0.2) is 17.9 Å². The smallest absolute Gasteiger partial charge is 0.265 e. The van der Waals surface area contributed by atoms with Crippen LogP contribution in [0.15, 0.2) is 78.9 Å². The lowest BCUT2D eigenvalue weighted by molar-refractivity contribution is -0.122. The van der Waals surface area contributed by atoms with Gasteiger partial charge in [-0.3, -0.25) is 9.59 Å². The minimum absolute atomic E-state index is 0.172. The van der Waals surface area contributed by atoms with E-state index in [1.54, 1.807) is 48.5 Å². The van der Waals surface area contributed by atoms with E-state index in [1.165, 1.54) is 0 Å². The molecule has 0 spiro atoms. The predicted molar refractivity (Wildman–Crippen MR) is 124 cm³/mol. The molecule has 0 saturated heterocycles. The zero-order chi connectivity index (χ0) is 22.2. The molecule has 0 unspecified atom stereocenters. The Labute approximate surface area is 187 Å². The molecule has 0 aromatic heterocycles. The molecule has 0 aliphatic rings. The van der Waals surface area contributed by atoms with Crippen LogP contribution in [0.2, 0.25) is 5.02 Å². The van der Waals surface area contributed by atoms with Crippen LogP contribution in [-0.2, 0) is 4.79 Å². The van der Waals surface area contributed by atoms with E-state index >= 15 is 0 Å². The van der Waals surface area contributed by atoms with E-state index in [-0.39, 0.29) is 17.9 Å². The molecule has 0 radical (unpaired) electrons. The lowest BCUT2D eigenvalue weighted by Gasteiger charge is -2.19. The predicted octanol–water partition coefficient (Wildman–Crippen LogP) is 5.63. The van der Waals surface area contributed by atoms with Crippen molar-refractivity contribution in [2.24, 2.45) is 0 Å². The molecule has 160 valence electrons. The van der Waals surface area contributed by atoms with Crippen molar-refractivity contribution in [3.8, 4) is 5.75 Å². The summed E-state index contributed by atoms with van der Waals surface area (Å²) in [7, 11) is 0. The van der Waals surface area contributed by atoms with Gasteiger partial charge in [0.25, 0.3) is 11.8 Å². The zero-order valence-corrected chi connectivity index (χ0v) is 18.2. The number of carbonyl (C=O) groups is 2. The molecule has 0 fully saturated rings. The van der Waals surface area contributed by atoms with Gasteiger partial charge in [0, 0.05) is 5.02 Å². The number of amides is 2. The molecular formula is C25H25ClN2O3. The minimum atomic E-state index is -0.708. The fraction of sp³-hybridized carbons (Fsp3) is 0.200. The highest BCUT2D eigenvalue weighted by Crippen LogP contribution is 2.21. The summed E-state index contributed by atoms with van der Waals surface area (Å²) in [5.74, 6) is -0.0400. The second kappa shape index (κ2) is 10.6. The Hall–Kier alpha value is -3.31. The minimum Gasteiger partial charge on any atom is -0.481 e. The van der Waals surface area contributed by atoms with Crippen molar-refractivity contribution in [1.29, 1.82) is 0 Å². The first-order valence-electron chi connectivity index (χ1n) is 10.2. The maximum absolute atomic E-state index is 12.9. The molecule has 3 aromatic rings. The summed E-state index contributed by atoms with van der Waals surface area (Å²) >= 11 is 5.90. The van der Waals surface area contributed by atoms with Gasteiger partial charge in [0.15, 0.2) is 6.10 Å². The topological polar surface area (TPSA) is 67.4 Å². The van der Waals surface area contributed by atoms with Crippen molar-refractivity contribution in [2.75, 3.05) is 5.32 Å². The van der Waals surface area contributed by atoms with Crippen LogP contribution >= 0.6 is 11.6 Å². The Bertz CT molecular complexity index is 1020. The summed E-state index contributed by atoms with van der Waals surface area (Å²) in [6.45, 7) is 3.78. The molecule has 0 heterocycles. The third-order valence-corrected chi connectivity index (χ3v) is 5.08. The monoisotopic (exact) mass is 436 g/mol. The fourth-order valence-corrected chi connectivity index (χ4v) is 3.23. The van der Waals surface area contributed by atoms with Crippen LogP contribution in [0.3, 0.4) is 0 Å². The molecule has 3 aromatic carbocycles. The fourth-order valence-electron chi connectivity index (χ4n) is 3.10. The quantitative estimate of drug-likeness (QED) is 0.481. The molecule has 0 saturated carbocycles. The van der Waals surface area contributed by atoms with Crippen molar-refractivity contribution in [3.63, 3.8) is 0 Å². The second-order valence-corrected chi connectivity index (χ2v) is 7.55. The molecule has 2 amide bonds. The van der Waals surface area contributed by atoms with E-state index in [2.05, 4.69) is 10.6 Å². The summed E-state index contributed by atoms with van der Waals surface area (Å²) in [5, 5.41) is 6.41. The van der Waals surface area contributed by atoms with Gasteiger partial charge in [-0.2, -0.15) is 0 Å². The molecule has 2 N–H and O–H groups in total. The molecule has 0 aliphatic carbocycles. The molecule has 2 atom stereocenters. The van der Waals surface area contributed by atoms with Gasteiger partial charge in [-0.25, -0.2) is 0 Å². The summed E-state index contributed by atoms with van der Waals surface area (Å²) in [6, 6.07) is 23.3. The number of nitrogens with one attached hydrogen (secondary N) is 2. The van der Waals surface area contributed by atoms with E-state index in [9.17, 15) is 9.59 Å². The first-order chi connectivity index (χ1) is 15.0. The van der Waals surface area contributed by atoms with Gasteiger partial charge in [0.2, 0.25) is 0 Å². The van der Waals surface area contributed by atoms with Gasteiger partial charge >= 0.3 is 0 Å². The van der Waals surface area contributed by atoms with E-state index in [0.717, 1.165) is 5.56 Å². The van der Waals surface area contributed by atoms with Crippen LogP contribution in [0.1, 0.15) is 42.2 Å². The third-order valence-electron chi connectivity index (χ3n) is 4.83. The summed E-state index contributed by atoms with van der Waals surface area (Å²) in [5.41, 5.74) is 1.82. The molecule has 5 nitrogen and oxygen atoms in total. The number of para-hydroxylation sites is 1. The standard InChI is InChI=1S/C25H25ClN2O3/c1-3-23(31-20-15-13-19(26)14-16-20)25(30)28-22-12-8-7-11-21(22)24(29)27-17(2)18-9-5-4-6-10-18/h4-17,23H,3H2,1-2H3,(H,27,29)(H,28,30)/t17-,23+/m1/s1. The number of benzene rings is 3. The second-order valence-electron chi connectivity index (χ2n) is 7.11. The lowest BCUT2D eigenvalue weighted by atomic mass is 10.1. The van der Waals surface area contributed by atoms with Gasteiger partial charge in [-0.05, 0) is 55.3 Å². The normalized spacial score (nSPS) is 12.5. The Kier molecular flexibility index (Phi) is 7.68. The number of anilines is 1. The molecule has 31 heavy (non-hydrogen) atoms. The maximum atomic E-state index is 12.9. The van der Waals surface area contributed by atoms with Crippen molar-refractivity contribution in [2.45, 2.75) is 32.4 Å². The van der Waals surface area contributed by atoms with Gasteiger partial charge in [0.1, 0.15) is 5.75 Å². The largest absolute Gasteiger partial charge is 0.481 e. The molecular weight excluding hydrogens is 412 g/mol. The van der Waals surface area contributed by atoms with Crippen LogP contribution in [0, 0.1) is 0 Å². The highest BCUT2D eigenvalue weighted by Gasteiger charge is 2.21. The van der Waals surface area contributed by atoms with Crippen molar-refractivity contribution in [1.82, 2.24) is 5.32 Å². The van der Waals surface area contributed by atoms with Crippen LogP contribution in [0.5, 0.6) is 5.75 Å². The number of hydrogen-bond donors (Lipinski definition) is 2. The number of halogens is 1. The number of hydrogen-bond acceptors (Lipinski definition) is 3. The van der Waals surface area contributed by atoms with E-state index in [4.69, 9.17) is 16.3 Å². The van der Waals surface area contributed by atoms with E-state index in [1.807, 2.05) is 44.2 Å². The van der Waals surface area contributed by atoms with Crippen LogP contribution in [0.4, 0.5) is 5.69 Å².